The van der Waals surface area contributed by atoms with Gasteiger partial charge < -0.3 is 10.1 Å². The molecule has 6 heteroatoms. The lowest BCUT2D eigenvalue weighted by Crippen LogP contribution is -2.34. The van der Waals surface area contributed by atoms with E-state index in [9.17, 15) is 9.18 Å². The van der Waals surface area contributed by atoms with E-state index in [-0.39, 0.29) is 5.91 Å². The molecule has 0 bridgehead atoms. The fraction of sp³-hybridized carbons (Fsp3) is 0.222. The highest BCUT2D eigenvalue weighted by molar-refractivity contribution is 5.86. The van der Waals surface area contributed by atoms with Crippen LogP contribution >= 0.6 is 0 Å². The second-order valence-electron chi connectivity index (χ2n) is 5.08. The molecular weight excluding hydrogens is 309 g/mol. The summed E-state index contributed by atoms with van der Waals surface area (Å²) >= 11 is 0. The van der Waals surface area contributed by atoms with E-state index in [2.05, 4.69) is 15.8 Å². The molecule has 24 heavy (non-hydrogen) atoms. The van der Waals surface area contributed by atoms with Gasteiger partial charge in [-0.25, -0.2) is 9.82 Å². The van der Waals surface area contributed by atoms with Crippen LogP contribution in [0.3, 0.4) is 0 Å². The van der Waals surface area contributed by atoms with E-state index in [4.69, 9.17) is 4.74 Å². The number of hydrogen-bond acceptors (Lipinski definition) is 4. The summed E-state index contributed by atoms with van der Waals surface area (Å²) in [6, 6.07) is 13.0. The standard InChI is InChI=1S/C18H20FN3O2/c1-3-24-16-10-8-15(9-11-16)21-13(2)18(23)22-20-12-14-6-4-5-7-17(14)19/h4-13,21H,3H2,1-2H3,(H,22,23)/b20-12-/t13-/m0/s1. The Kier molecular flexibility index (Phi) is 6.31. The van der Waals surface area contributed by atoms with Gasteiger partial charge in [-0.15, -0.1) is 0 Å². The number of amides is 1. The number of nitrogens with zero attached hydrogens (tertiary/aromatic N) is 1. The van der Waals surface area contributed by atoms with Crippen LogP contribution in [0.4, 0.5) is 10.1 Å². The molecule has 1 amide bonds. The van der Waals surface area contributed by atoms with Gasteiger partial charge >= 0.3 is 0 Å². The van der Waals surface area contributed by atoms with Crippen molar-refractivity contribution in [2.24, 2.45) is 5.10 Å². The summed E-state index contributed by atoms with van der Waals surface area (Å²) in [5.74, 6) is 0.0576. The van der Waals surface area contributed by atoms with E-state index >= 15 is 0 Å². The first-order valence-corrected chi connectivity index (χ1v) is 7.67. The van der Waals surface area contributed by atoms with Gasteiger partial charge in [-0.2, -0.15) is 5.10 Å². The number of nitrogens with one attached hydrogen (secondary N) is 2. The van der Waals surface area contributed by atoms with Gasteiger partial charge in [-0.1, -0.05) is 18.2 Å². The molecule has 0 fully saturated rings. The molecule has 0 unspecified atom stereocenters. The highest BCUT2D eigenvalue weighted by Gasteiger charge is 2.11. The molecule has 0 aromatic heterocycles. The zero-order valence-corrected chi connectivity index (χ0v) is 13.6. The van der Waals surface area contributed by atoms with Crippen LogP contribution in [0.2, 0.25) is 0 Å². The van der Waals surface area contributed by atoms with Gasteiger partial charge in [-0.3, -0.25) is 4.79 Å². The molecule has 126 valence electrons. The summed E-state index contributed by atoms with van der Waals surface area (Å²) in [4.78, 5) is 12.0. The van der Waals surface area contributed by atoms with Gasteiger partial charge in [0.05, 0.1) is 12.8 Å². The van der Waals surface area contributed by atoms with E-state index in [0.29, 0.717) is 12.2 Å². The normalized spacial score (nSPS) is 12.0. The van der Waals surface area contributed by atoms with Crippen LogP contribution in [0.1, 0.15) is 19.4 Å². The number of anilines is 1. The summed E-state index contributed by atoms with van der Waals surface area (Å²) < 4.78 is 18.8. The Morgan fingerprint density at radius 2 is 1.96 bits per heavy atom. The van der Waals surface area contributed by atoms with Gasteiger partial charge in [0, 0.05) is 11.3 Å². The smallest absolute Gasteiger partial charge is 0.262 e. The molecule has 0 saturated carbocycles. The Bertz CT molecular complexity index is 702. The topological polar surface area (TPSA) is 62.7 Å². The van der Waals surface area contributed by atoms with Crippen LogP contribution < -0.4 is 15.5 Å². The van der Waals surface area contributed by atoms with E-state index in [1.165, 1.54) is 12.3 Å². The van der Waals surface area contributed by atoms with Crippen molar-refractivity contribution in [2.45, 2.75) is 19.9 Å². The van der Waals surface area contributed by atoms with Crippen molar-refractivity contribution >= 4 is 17.8 Å². The Balaban J connectivity index is 1.86. The monoisotopic (exact) mass is 329 g/mol. The molecule has 0 aliphatic rings. The van der Waals surface area contributed by atoms with Crippen molar-refractivity contribution in [1.82, 2.24) is 5.43 Å². The Hall–Kier alpha value is -2.89. The lowest BCUT2D eigenvalue weighted by atomic mass is 10.2. The Morgan fingerprint density at radius 1 is 1.25 bits per heavy atom. The largest absolute Gasteiger partial charge is 0.494 e. The first-order valence-electron chi connectivity index (χ1n) is 7.67. The minimum atomic E-state index is -0.499. The van der Waals surface area contributed by atoms with Gasteiger partial charge in [0.25, 0.3) is 5.91 Å². The molecule has 0 radical (unpaired) electrons. The molecule has 5 nitrogen and oxygen atoms in total. The molecule has 0 aliphatic carbocycles. The van der Waals surface area contributed by atoms with Crippen molar-refractivity contribution in [3.63, 3.8) is 0 Å². The average molecular weight is 329 g/mol. The third kappa shape index (κ3) is 5.08. The Labute approximate surface area is 140 Å². The van der Waals surface area contributed by atoms with Crippen molar-refractivity contribution < 1.29 is 13.9 Å². The van der Waals surface area contributed by atoms with Crippen LogP contribution in [0, 0.1) is 5.82 Å². The molecule has 2 N–H and O–H groups in total. The minimum absolute atomic E-state index is 0.310. The van der Waals surface area contributed by atoms with Crippen LogP contribution in [-0.4, -0.2) is 24.8 Å². The summed E-state index contributed by atoms with van der Waals surface area (Å²) in [6.07, 6.45) is 1.27. The summed E-state index contributed by atoms with van der Waals surface area (Å²) in [6.45, 7) is 4.23. The molecule has 0 heterocycles. The van der Waals surface area contributed by atoms with Gasteiger partial charge in [0.2, 0.25) is 0 Å². The first-order chi connectivity index (χ1) is 11.6. The van der Waals surface area contributed by atoms with E-state index < -0.39 is 11.9 Å². The number of halogens is 1. The molecule has 2 rings (SSSR count). The zero-order chi connectivity index (χ0) is 17.4. The zero-order valence-electron chi connectivity index (χ0n) is 13.6. The molecular formula is C18H20FN3O2. The maximum Gasteiger partial charge on any atom is 0.262 e. The lowest BCUT2D eigenvalue weighted by molar-refractivity contribution is -0.121. The summed E-state index contributed by atoms with van der Waals surface area (Å²) in [7, 11) is 0. The Morgan fingerprint density at radius 3 is 2.62 bits per heavy atom. The van der Waals surface area contributed by atoms with E-state index in [0.717, 1.165) is 11.4 Å². The van der Waals surface area contributed by atoms with Crippen LogP contribution in [-0.2, 0) is 4.79 Å². The maximum atomic E-state index is 13.4. The fourth-order valence-corrected chi connectivity index (χ4v) is 1.97. The summed E-state index contributed by atoms with van der Waals surface area (Å²) in [5.41, 5.74) is 3.49. The second kappa shape index (κ2) is 8.67. The third-order valence-electron chi connectivity index (χ3n) is 3.23. The van der Waals surface area contributed by atoms with Gasteiger partial charge in [0.1, 0.15) is 17.6 Å². The molecule has 2 aromatic carbocycles. The number of benzene rings is 2. The van der Waals surface area contributed by atoms with Crippen molar-refractivity contribution in [3.05, 3.63) is 59.9 Å². The van der Waals surface area contributed by atoms with E-state index in [1.807, 2.05) is 31.2 Å². The van der Waals surface area contributed by atoms with E-state index in [1.54, 1.807) is 25.1 Å². The first kappa shape index (κ1) is 17.5. The number of carbonyl (C=O) groups is 1. The highest BCUT2D eigenvalue weighted by Crippen LogP contribution is 2.16. The van der Waals surface area contributed by atoms with Crippen molar-refractivity contribution in [1.29, 1.82) is 0 Å². The van der Waals surface area contributed by atoms with Crippen molar-refractivity contribution in [2.75, 3.05) is 11.9 Å². The fourth-order valence-electron chi connectivity index (χ4n) is 1.97. The molecule has 0 saturated heterocycles. The maximum absolute atomic E-state index is 13.4. The van der Waals surface area contributed by atoms with Crippen LogP contribution in [0.25, 0.3) is 0 Å². The quantitative estimate of drug-likeness (QED) is 0.606. The predicted molar refractivity (Wildman–Crippen MR) is 92.8 cm³/mol. The van der Waals surface area contributed by atoms with Gasteiger partial charge in [-0.05, 0) is 44.2 Å². The number of hydrazone groups is 1. The molecule has 0 aliphatic heterocycles. The number of ether oxygens (including phenoxy) is 1. The molecule has 1 atom stereocenters. The molecule has 2 aromatic rings. The van der Waals surface area contributed by atoms with Crippen LogP contribution in [0.15, 0.2) is 53.6 Å². The summed E-state index contributed by atoms with van der Waals surface area (Å²) in [5, 5.41) is 6.83. The third-order valence-corrected chi connectivity index (χ3v) is 3.23. The highest BCUT2D eigenvalue weighted by atomic mass is 19.1. The van der Waals surface area contributed by atoms with Crippen LogP contribution in [0.5, 0.6) is 5.75 Å². The van der Waals surface area contributed by atoms with Crippen molar-refractivity contribution in [3.8, 4) is 5.75 Å². The van der Waals surface area contributed by atoms with Gasteiger partial charge in [0.15, 0.2) is 0 Å². The number of hydrogen-bond donors (Lipinski definition) is 2. The lowest BCUT2D eigenvalue weighted by Gasteiger charge is -2.14. The number of carbonyl (C=O) groups excluding carboxylic acids is 1. The predicted octanol–water partition coefficient (Wildman–Crippen LogP) is 3.18. The average Bonchev–Trinajstić information content (AvgIpc) is 2.58. The minimum Gasteiger partial charge on any atom is -0.494 e. The second-order valence-corrected chi connectivity index (χ2v) is 5.08. The molecule has 0 spiro atoms. The SMILES string of the molecule is CCOc1ccc(N[C@@H](C)C(=O)N/N=C\c2ccccc2F)cc1. The number of rotatable bonds is 7.